The topological polar surface area (TPSA) is 0 Å². The summed E-state index contributed by atoms with van der Waals surface area (Å²) >= 11 is 0. The molecule has 1 spiro atoms. The van der Waals surface area contributed by atoms with Crippen molar-refractivity contribution in [2.24, 2.45) is 0 Å². The van der Waals surface area contributed by atoms with Gasteiger partial charge in [0.05, 0.1) is 0 Å². The molecule has 0 radical (unpaired) electrons. The third-order valence-corrected chi connectivity index (χ3v) is 76.1. The zero-order chi connectivity index (χ0) is 23.5. The van der Waals surface area contributed by atoms with Crippen molar-refractivity contribution in [1.82, 2.24) is 0 Å². The molecule has 206 valence electrons. The van der Waals surface area contributed by atoms with Gasteiger partial charge >= 0.3 is 228 Å². The monoisotopic (exact) mass is 682 g/mol. The molecule has 0 amide bonds. The molecule has 0 aromatic heterocycles. The molecule has 0 saturated carbocycles. The summed E-state index contributed by atoms with van der Waals surface area (Å²) < 4.78 is 1.60. The van der Waals surface area contributed by atoms with Crippen molar-refractivity contribution in [3.05, 3.63) is 121 Å². The molecule has 14 rings (SSSR count). The molecular formula is C34H28Cl2FeNiP2. The van der Waals surface area contributed by atoms with Gasteiger partial charge in [0, 0.05) is 0 Å². The Labute approximate surface area is 251 Å². The third-order valence-electron chi connectivity index (χ3n) is 19.4. The minimum absolute atomic E-state index is 0. The van der Waals surface area contributed by atoms with Crippen molar-refractivity contribution in [2.75, 3.05) is 0 Å². The molecular weight excluding hydrogens is 656 g/mol. The molecule has 0 nitrogen and oxygen atoms in total. The van der Waals surface area contributed by atoms with E-state index in [2.05, 4.69) is 121 Å². The van der Waals surface area contributed by atoms with Crippen molar-refractivity contribution in [1.29, 1.82) is 0 Å². The van der Waals surface area contributed by atoms with Gasteiger partial charge in [-0.25, -0.2) is 0 Å². The molecule has 10 heterocycles. The summed E-state index contributed by atoms with van der Waals surface area (Å²) in [6.07, 6.45) is 0. The summed E-state index contributed by atoms with van der Waals surface area (Å²) in [7, 11) is -0.505. The van der Waals surface area contributed by atoms with Crippen molar-refractivity contribution in [2.45, 2.75) is 46.6 Å². The fraction of sp³-hybridized carbons (Fsp3) is 0.294. The average Bonchev–Trinajstić information content (AvgIpc) is 3.92. The normalized spacial score (nSPS) is 58.4. The van der Waals surface area contributed by atoms with Crippen molar-refractivity contribution < 1.29 is 47.8 Å². The van der Waals surface area contributed by atoms with Crippen LogP contribution in [0.3, 0.4) is 0 Å². The molecule has 8 unspecified atom stereocenters. The fourth-order valence-electron chi connectivity index (χ4n) is 20.9. The van der Waals surface area contributed by atoms with E-state index in [1.807, 2.05) is 0 Å². The Bertz CT molecular complexity index is 1930. The first-order valence-corrected chi connectivity index (χ1v) is 23.0. The van der Waals surface area contributed by atoms with E-state index in [-0.39, 0.29) is 57.1 Å². The Kier molecular flexibility index (Phi) is 2.27. The Balaban J connectivity index is 0.000000694. The Morgan fingerprint density at radius 2 is 0.625 bits per heavy atom. The van der Waals surface area contributed by atoms with E-state index in [1.54, 1.807) is 21.2 Å². The molecule has 0 N–H and O–H groups in total. The fourth-order valence-corrected chi connectivity index (χ4v) is 126. The minimum atomic E-state index is -3.82. The van der Waals surface area contributed by atoms with Crippen LogP contribution in [0.2, 0.25) is 38.5 Å². The number of rotatable bonds is 6. The van der Waals surface area contributed by atoms with Crippen LogP contribution in [-0.2, 0) is 23.0 Å². The van der Waals surface area contributed by atoms with Gasteiger partial charge in [-0.15, -0.1) is 0 Å². The second-order valence-electron chi connectivity index (χ2n) is 15.7. The summed E-state index contributed by atoms with van der Waals surface area (Å²) in [6.45, 7) is -3.82. The maximum absolute atomic E-state index is 3.82. The van der Waals surface area contributed by atoms with Gasteiger partial charge in [0.15, 0.2) is 0 Å². The van der Waals surface area contributed by atoms with Crippen molar-refractivity contribution in [3.8, 4) is 0 Å². The van der Waals surface area contributed by atoms with Crippen LogP contribution >= 0.6 is 15.8 Å². The molecule has 4 aromatic rings. The SMILES string of the molecule is [Cl-].[Cl-].[Ni+2].c1ccc(P(c2ccccc2)[C]23[CH]4[CH]5[CH]6[CH]2[Fe]56432789[CH]3[CH]2[CH]7[C]8(P(c2ccccc2)c2ccccc2)[CH]39)cc1. The van der Waals surface area contributed by atoms with E-state index in [1.165, 1.54) is 38.5 Å². The first kappa shape index (κ1) is 23.7. The molecule has 10 aliphatic rings. The first-order valence-electron chi connectivity index (χ1n) is 14.1. The number of hydrogen-bond donors (Lipinski definition) is 0. The van der Waals surface area contributed by atoms with Gasteiger partial charge in [0.1, 0.15) is 0 Å². The first-order chi connectivity index (χ1) is 18.1. The average molecular weight is 684 g/mol. The summed E-state index contributed by atoms with van der Waals surface area (Å²) in [6, 6.07) is 48.0. The second kappa shape index (κ2) is 3.82. The van der Waals surface area contributed by atoms with E-state index < -0.39 is 6.51 Å². The molecule has 0 bridgehead atoms. The molecule has 8 atom stereocenters. The molecule has 0 aliphatic carbocycles. The molecule has 10 fully saturated rings. The van der Waals surface area contributed by atoms with Gasteiger partial charge < -0.3 is 24.8 Å². The van der Waals surface area contributed by atoms with E-state index >= 15 is 0 Å². The Morgan fingerprint density at radius 3 is 0.825 bits per heavy atom. The van der Waals surface area contributed by atoms with Crippen LogP contribution in [0, 0.1) is 0 Å². The summed E-state index contributed by atoms with van der Waals surface area (Å²) in [5.74, 6) is 0. The van der Waals surface area contributed by atoms with Crippen LogP contribution in [0.5, 0.6) is 0 Å². The van der Waals surface area contributed by atoms with Gasteiger partial charge in [-0.1, -0.05) is 0 Å². The third kappa shape index (κ3) is 0.605. The van der Waals surface area contributed by atoms with Crippen LogP contribution in [0.4, 0.5) is 0 Å². The van der Waals surface area contributed by atoms with E-state index in [4.69, 9.17) is 0 Å². The van der Waals surface area contributed by atoms with Gasteiger partial charge in [-0.05, 0) is 0 Å². The maximum atomic E-state index is 2.54. The summed E-state index contributed by atoms with van der Waals surface area (Å²) in [5.41, 5.74) is 0. The van der Waals surface area contributed by atoms with Crippen LogP contribution in [0.1, 0.15) is 0 Å². The van der Waals surface area contributed by atoms with E-state index in [0.29, 0.717) is 0 Å². The number of hydrogen-bond acceptors (Lipinski definition) is 0. The molecule has 10 saturated heterocycles. The molecule has 6 heteroatoms. The van der Waals surface area contributed by atoms with Crippen LogP contribution in [-0.4, -0.2) is 8.11 Å². The predicted molar refractivity (Wildman–Crippen MR) is 154 cm³/mol. The predicted octanol–water partition coefficient (Wildman–Crippen LogP) is 1.46. The molecule has 10 aliphatic heterocycles. The zero-order valence-corrected chi connectivity index (χ0v) is 26.9. The van der Waals surface area contributed by atoms with Crippen LogP contribution in [0.15, 0.2) is 121 Å². The van der Waals surface area contributed by atoms with Gasteiger partial charge in [-0.3, -0.25) is 0 Å². The van der Waals surface area contributed by atoms with Gasteiger partial charge in [0.25, 0.3) is 0 Å². The number of benzene rings is 4. The van der Waals surface area contributed by atoms with Gasteiger partial charge in [-0.2, -0.15) is 0 Å². The molecule has 4 aromatic carbocycles. The zero-order valence-electron chi connectivity index (χ0n) is 21.5. The van der Waals surface area contributed by atoms with E-state index in [0.717, 1.165) is 8.11 Å². The summed E-state index contributed by atoms with van der Waals surface area (Å²) in [4.78, 5) is 10.1. The van der Waals surface area contributed by atoms with Gasteiger partial charge in [0.2, 0.25) is 0 Å². The molecule has 40 heavy (non-hydrogen) atoms. The van der Waals surface area contributed by atoms with Crippen LogP contribution in [0.25, 0.3) is 0 Å². The van der Waals surface area contributed by atoms with Crippen molar-refractivity contribution >= 4 is 37.1 Å². The van der Waals surface area contributed by atoms with Crippen LogP contribution < -0.4 is 46.0 Å². The number of fused-ring (bicyclic) bond motifs is 10. The Hall–Kier alpha value is -0.667. The van der Waals surface area contributed by atoms with E-state index in [9.17, 15) is 0 Å². The second-order valence-corrected chi connectivity index (χ2v) is 44.6. The van der Waals surface area contributed by atoms with Crippen molar-refractivity contribution in [3.63, 3.8) is 0 Å². The number of halogens is 2. The standard InChI is InChI=1S/2C17H14P.2ClH.Fe.Ni/c2*1-3-9-15(10-4-1)18(17-13-7-8-14-17)16-11-5-2-6-12-16;;;;/h2*1-14H;2*1H;;/q;;;;;+2/p-2. The quantitative estimate of drug-likeness (QED) is 0.214. The Morgan fingerprint density at radius 1 is 0.400 bits per heavy atom. The summed E-state index contributed by atoms with van der Waals surface area (Å²) in [5, 5.41) is 6.87.